The lowest BCUT2D eigenvalue weighted by Gasteiger charge is -2.12. The minimum atomic E-state index is -0.223. The second-order valence-electron chi connectivity index (χ2n) is 4.57. The lowest BCUT2D eigenvalue weighted by molar-refractivity contribution is 0.102. The SMILES string of the molecule is Cc1cccc(NC(=O)c2n[nH]c3c2CNCC3)n1. The molecule has 0 aromatic carbocycles. The minimum Gasteiger partial charge on any atom is -0.312 e. The quantitative estimate of drug-likeness (QED) is 0.750. The van der Waals surface area contributed by atoms with Gasteiger partial charge in [-0.05, 0) is 19.1 Å². The van der Waals surface area contributed by atoms with Gasteiger partial charge in [-0.25, -0.2) is 4.98 Å². The molecule has 0 fully saturated rings. The summed E-state index contributed by atoms with van der Waals surface area (Å²) in [5, 5.41) is 13.1. The molecule has 1 aliphatic rings. The number of anilines is 1. The van der Waals surface area contributed by atoms with Crippen LogP contribution >= 0.6 is 0 Å². The number of nitrogens with zero attached hydrogens (tertiary/aromatic N) is 2. The average molecular weight is 257 g/mol. The Morgan fingerprint density at radius 1 is 1.42 bits per heavy atom. The molecule has 0 saturated carbocycles. The lowest BCUT2D eigenvalue weighted by Crippen LogP contribution is -2.25. The first-order chi connectivity index (χ1) is 9.24. The fourth-order valence-electron chi connectivity index (χ4n) is 2.20. The van der Waals surface area contributed by atoms with Crippen molar-refractivity contribution in [3.63, 3.8) is 0 Å². The highest BCUT2D eigenvalue weighted by atomic mass is 16.2. The van der Waals surface area contributed by atoms with E-state index >= 15 is 0 Å². The van der Waals surface area contributed by atoms with E-state index in [1.807, 2.05) is 19.1 Å². The molecule has 6 heteroatoms. The number of hydrogen-bond acceptors (Lipinski definition) is 4. The van der Waals surface area contributed by atoms with Gasteiger partial charge in [0.25, 0.3) is 5.91 Å². The summed E-state index contributed by atoms with van der Waals surface area (Å²) in [5.41, 5.74) is 3.31. The van der Waals surface area contributed by atoms with Crippen molar-refractivity contribution in [3.8, 4) is 0 Å². The predicted molar refractivity (Wildman–Crippen MR) is 70.9 cm³/mol. The molecule has 3 heterocycles. The summed E-state index contributed by atoms with van der Waals surface area (Å²) >= 11 is 0. The number of aromatic nitrogens is 3. The van der Waals surface area contributed by atoms with Gasteiger partial charge in [0.05, 0.1) is 0 Å². The van der Waals surface area contributed by atoms with Gasteiger partial charge in [-0.1, -0.05) is 6.07 Å². The Balaban J connectivity index is 1.83. The summed E-state index contributed by atoms with van der Waals surface area (Å²) < 4.78 is 0. The maximum atomic E-state index is 12.2. The van der Waals surface area contributed by atoms with Crippen LogP contribution in [0, 0.1) is 6.92 Å². The van der Waals surface area contributed by atoms with Crippen LogP contribution in [0.4, 0.5) is 5.82 Å². The molecule has 3 rings (SSSR count). The zero-order valence-electron chi connectivity index (χ0n) is 10.7. The van der Waals surface area contributed by atoms with E-state index in [4.69, 9.17) is 0 Å². The van der Waals surface area contributed by atoms with Gasteiger partial charge in [0.1, 0.15) is 5.82 Å². The van der Waals surface area contributed by atoms with E-state index < -0.39 is 0 Å². The molecule has 19 heavy (non-hydrogen) atoms. The van der Waals surface area contributed by atoms with Crippen LogP contribution in [0.2, 0.25) is 0 Å². The Labute approximate surface area is 110 Å². The number of H-pyrrole nitrogens is 1. The van der Waals surface area contributed by atoms with Crippen molar-refractivity contribution in [1.82, 2.24) is 20.5 Å². The van der Waals surface area contributed by atoms with Gasteiger partial charge in [-0.3, -0.25) is 9.89 Å². The predicted octanol–water partition coefficient (Wildman–Crippen LogP) is 1.01. The first kappa shape index (κ1) is 11.9. The summed E-state index contributed by atoms with van der Waals surface area (Å²) in [6, 6.07) is 5.51. The van der Waals surface area contributed by atoms with E-state index in [0.29, 0.717) is 18.1 Å². The van der Waals surface area contributed by atoms with Crippen molar-refractivity contribution in [3.05, 3.63) is 40.8 Å². The normalized spacial score (nSPS) is 13.9. The molecule has 0 saturated heterocycles. The highest BCUT2D eigenvalue weighted by Crippen LogP contribution is 2.16. The molecule has 0 unspecified atom stereocenters. The molecule has 6 nitrogen and oxygen atoms in total. The molecule has 1 amide bonds. The number of carbonyl (C=O) groups excluding carboxylic acids is 1. The lowest BCUT2D eigenvalue weighted by atomic mass is 10.1. The van der Waals surface area contributed by atoms with Crippen molar-refractivity contribution in [2.45, 2.75) is 19.9 Å². The number of nitrogens with one attached hydrogen (secondary N) is 3. The van der Waals surface area contributed by atoms with Crippen LogP contribution in [-0.4, -0.2) is 27.6 Å². The van der Waals surface area contributed by atoms with Gasteiger partial charge >= 0.3 is 0 Å². The summed E-state index contributed by atoms with van der Waals surface area (Å²) in [7, 11) is 0. The monoisotopic (exact) mass is 257 g/mol. The number of amides is 1. The zero-order valence-corrected chi connectivity index (χ0v) is 10.7. The third kappa shape index (κ3) is 2.34. The Kier molecular flexibility index (Phi) is 3.00. The number of fused-ring (bicyclic) bond motifs is 1. The van der Waals surface area contributed by atoms with Crippen molar-refractivity contribution >= 4 is 11.7 Å². The van der Waals surface area contributed by atoms with Crippen LogP contribution in [0.5, 0.6) is 0 Å². The van der Waals surface area contributed by atoms with Crippen LogP contribution in [0.15, 0.2) is 18.2 Å². The van der Waals surface area contributed by atoms with Gasteiger partial charge < -0.3 is 10.6 Å². The van der Waals surface area contributed by atoms with Gasteiger partial charge in [-0.15, -0.1) is 0 Å². The minimum absolute atomic E-state index is 0.223. The van der Waals surface area contributed by atoms with E-state index in [0.717, 1.165) is 29.9 Å². The molecule has 1 aliphatic heterocycles. The smallest absolute Gasteiger partial charge is 0.277 e. The molecule has 2 aromatic heterocycles. The molecular weight excluding hydrogens is 242 g/mol. The summed E-state index contributed by atoms with van der Waals surface area (Å²) in [6.07, 6.45) is 0.873. The number of pyridine rings is 1. The highest BCUT2D eigenvalue weighted by molar-refractivity contribution is 6.03. The summed E-state index contributed by atoms with van der Waals surface area (Å²) in [5.74, 6) is 0.324. The van der Waals surface area contributed by atoms with Crippen molar-refractivity contribution in [1.29, 1.82) is 0 Å². The van der Waals surface area contributed by atoms with Gasteiger partial charge in [0, 0.05) is 36.5 Å². The number of rotatable bonds is 2. The van der Waals surface area contributed by atoms with Crippen molar-refractivity contribution in [2.24, 2.45) is 0 Å². The molecular formula is C13H15N5O. The number of hydrogen-bond donors (Lipinski definition) is 3. The van der Waals surface area contributed by atoms with E-state index in [-0.39, 0.29) is 5.91 Å². The second kappa shape index (κ2) is 4.81. The molecule has 2 aromatic rings. The molecule has 98 valence electrons. The fraction of sp³-hybridized carbons (Fsp3) is 0.308. The Hall–Kier alpha value is -2.21. The number of carbonyl (C=O) groups is 1. The van der Waals surface area contributed by atoms with Crippen LogP contribution in [0.25, 0.3) is 0 Å². The number of aryl methyl sites for hydroxylation is 1. The van der Waals surface area contributed by atoms with Gasteiger partial charge in [0.15, 0.2) is 5.69 Å². The Bertz CT molecular complexity index is 619. The van der Waals surface area contributed by atoms with Crippen LogP contribution < -0.4 is 10.6 Å². The Morgan fingerprint density at radius 2 is 2.32 bits per heavy atom. The van der Waals surface area contributed by atoms with Gasteiger partial charge in [0.2, 0.25) is 0 Å². The van der Waals surface area contributed by atoms with E-state index in [2.05, 4.69) is 25.8 Å². The maximum absolute atomic E-state index is 12.2. The third-order valence-corrected chi connectivity index (χ3v) is 3.15. The van der Waals surface area contributed by atoms with Crippen molar-refractivity contribution < 1.29 is 4.79 Å². The fourth-order valence-corrected chi connectivity index (χ4v) is 2.20. The first-order valence-corrected chi connectivity index (χ1v) is 6.26. The van der Waals surface area contributed by atoms with Crippen LogP contribution in [-0.2, 0) is 13.0 Å². The third-order valence-electron chi connectivity index (χ3n) is 3.15. The molecule has 0 atom stereocenters. The summed E-state index contributed by atoms with van der Waals surface area (Å²) in [4.78, 5) is 16.4. The largest absolute Gasteiger partial charge is 0.312 e. The molecule has 0 bridgehead atoms. The number of aromatic amines is 1. The Morgan fingerprint density at radius 3 is 3.16 bits per heavy atom. The highest BCUT2D eigenvalue weighted by Gasteiger charge is 2.21. The second-order valence-corrected chi connectivity index (χ2v) is 4.57. The average Bonchev–Trinajstić information content (AvgIpc) is 2.82. The topological polar surface area (TPSA) is 82.7 Å². The standard InChI is InChI=1S/C13H15N5O/c1-8-3-2-4-11(15-8)16-13(19)12-9-7-14-6-5-10(9)17-18-12/h2-4,14H,5-7H2,1H3,(H,17,18)(H,15,16,19). The van der Waals surface area contributed by atoms with Crippen molar-refractivity contribution in [2.75, 3.05) is 11.9 Å². The molecule has 0 aliphatic carbocycles. The maximum Gasteiger partial charge on any atom is 0.277 e. The van der Waals surface area contributed by atoms with Gasteiger partial charge in [-0.2, -0.15) is 5.10 Å². The summed E-state index contributed by atoms with van der Waals surface area (Å²) in [6.45, 7) is 3.47. The first-order valence-electron chi connectivity index (χ1n) is 6.26. The van der Waals surface area contributed by atoms with E-state index in [9.17, 15) is 4.79 Å². The molecule has 0 spiro atoms. The van der Waals surface area contributed by atoms with Crippen LogP contribution in [0.3, 0.4) is 0 Å². The zero-order chi connectivity index (χ0) is 13.2. The molecule has 3 N–H and O–H groups in total. The van der Waals surface area contributed by atoms with E-state index in [1.165, 1.54) is 0 Å². The molecule has 0 radical (unpaired) electrons. The van der Waals surface area contributed by atoms with E-state index in [1.54, 1.807) is 6.07 Å². The van der Waals surface area contributed by atoms with Crippen LogP contribution in [0.1, 0.15) is 27.4 Å².